The number of aliphatic hydroxyl groups excluding tert-OH is 2. The fourth-order valence-corrected chi connectivity index (χ4v) is 4.65. The quantitative estimate of drug-likeness (QED) is 0.533. The molecule has 2 aromatic heterocycles. The summed E-state index contributed by atoms with van der Waals surface area (Å²) in [6.45, 7) is 3.14. The first-order chi connectivity index (χ1) is 15.6. The zero-order valence-electron chi connectivity index (χ0n) is 17.7. The zero-order chi connectivity index (χ0) is 22.1. The number of ether oxygens (including phenoxy) is 3. The minimum atomic E-state index is -1.17. The number of anilines is 1. The van der Waals surface area contributed by atoms with Crippen LogP contribution in [0.5, 0.6) is 0 Å². The lowest BCUT2D eigenvalue weighted by Crippen LogP contribution is -2.39. The van der Waals surface area contributed by atoms with Crippen LogP contribution in [0.2, 0.25) is 0 Å². The van der Waals surface area contributed by atoms with Crippen molar-refractivity contribution in [3.8, 4) is 0 Å². The summed E-state index contributed by atoms with van der Waals surface area (Å²) in [4.78, 5) is 15.1. The molecular formula is C20H28N6O5S. The maximum atomic E-state index is 10.7. The number of piperidine rings is 1. The van der Waals surface area contributed by atoms with Crippen LogP contribution in [0.15, 0.2) is 12.7 Å². The average molecular weight is 465 g/mol. The minimum Gasteiger partial charge on any atom is -0.468 e. The molecule has 0 aromatic carbocycles. The van der Waals surface area contributed by atoms with Crippen LogP contribution in [-0.2, 0) is 14.2 Å². The number of hydrogen-bond acceptors (Lipinski definition) is 10. The van der Waals surface area contributed by atoms with Crippen molar-refractivity contribution in [2.45, 2.75) is 56.3 Å². The topological polar surface area (TPSA) is 127 Å². The molecule has 0 amide bonds. The van der Waals surface area contributed by atoms with Gasteiger partial charge in [0.2, 0.25) is 0 Å². The van der Waals surface area contributed by atoms with E-state index in [1.54, 1.807) is 4.57 Å². The largest absolute Gasteiger partial charge is 0.468 e. The molecule has 3 N–H and O–H groups in total. The lowest BCUT2D eigenvalue weighted by atomic mass is 10.1. The first-order valence-corrected chi connectivity index (χ1v) is 11.5. The Morgan fingerprint density at radius 1 is 1.19 bits per heavy atom. The maximum absolute atomic E-state index is 10.7. The van der Waals surface area contributed by atoms with E-state index in [1.807, 2.05) is 4.90 Å². The van der Waals surface area contributed by atoms with Gasteiger partial charge in [-0.3, -0.25) is 4.57 Å². The zero-order valence-corrected chi connectivity index (χ0v) is 18.5. The standard InChI is InChI=1S/C20H28N6O5S/c27-15-13(9-30-20(32)25-5-2-1-3-6-25)31-19(16(15)28)26-11-23-14-17(21-10-22-18(14)26)24-12-4-7-29-8-12/h10-13,15-16,19,27-28H,1-9H2,(H,21,22,24)/t12-,13-,15-,16-,19?/m1/s1. The van der Waals surface area contributed by atoms with Crippen molar-refractivity contribution in [1.29, 1.82) is 0 Å². The second kappa shape index (κ2) is 9.40. The average Bonchev–Trinajstić information content (AvgIpc) is 3.54. The number of hydrogen-bond donors (Lipinski definition) is 3. The number of aliphatic hydroxyl groups is 2. The minimum absolute atomic E-state index is 0.0557. The van der Waals surface area contributed by atoms with Gasteiger partial charge in [0.1, 0.15) is 31.2 Å². The third-order valence-corrected chi connectivity index (χ3v) is 6.60. The van der Waals surface area contributed by atoms with E-state index in [-0.39, 0.29) is 12.6 Å². The first kappa shape index (κ1) is 21.7. The number of imidazole rings is 1. The summed E-state index contributed by atoms with van der Waals surface area (Å²) in [6, 6.07) is 0.165. The third-order valence-electron chi connectivity index (χ3n) is 6.23. The molecule has 0 bridgehead atoms. The Bertz CT molecular complexity index is 948. The van der Waals surface area contributed by atoms with Crippen molar-refractivity contribution in [1.82, 2.24) is 24.4 Å². The van der Waals surface area contributed by atoms with Gasteiger partial charge in [0.25, 0.3) is 5.17 Å². The SMILES string of the molecule is O[C@@H]1[C@@H](COC(=S)N2CCCCC2)OC(n2cnc3c(N[C@@H]4CCOC4)ncnc32)[C@@H]1O. The molecule has 5 rings (SSSR count). The van der Waals surface area contributed by atoms with Crippen LogP contribution in [0.4, 0.5) is 5.82 Å². The number of nitrogens with one attached hydrogen (secondary N) is 1. The number of likely N-dealkylation sites (tertiary alicyclic amines) is 1. The van der Waals surface area contributed by atoms with E-state index in [1.165, 1.54) is 19.1 Å². The van der Waals surface area contributed by atoms with Crippen LogP contribution in [0.3, 0.4) is 0 Å². The lowest BCUT2D eigenvalue weighted by Gasteiger charge is -2.29. The molecule has 3 fully saturated rings. The Labute approximate surface area is 190 Å². The highest BCUT2D eigenvalue weighted by atomic mass is 32.1. The summed E-state index contributed by atoms with van der Waals surface area (Å²) in [6.07, 6.45) is 3.37. The Morgan fingerprint density at radius 3 is 2.81 bits per heavy atom. The molecule has 2 aromatic rings. The molecule has 32 heavy (non-hydrogen) atoms. The molecule has 0 aliphatic carbocycles. The predicted octanol–water partition coefficient (Wildman–Crippen LogP) is 0.434. The molecule has 12 heteroatoms. The molecule has 5 heterocycles. The summed E-state index contributed by atoms with van der Waals surface area (Å²) in [7, 11) is 0. The van der Waals surface area contributed by atoms with Gasteiger partial charge in [-0.1, -0.05) is 0 Å². The van der Waals surface area contributed by atoms with E-state index < -0.39 is 24.5 Å². The summed E-state index contributed by atoms with van der Waals surface area (Å²) in [5, 5.41) is 25.0. The van der Waals surface area contributed by atoms with Crippen molar-refractivity contribution in [2.75, 3.05) is 38.2 Å². The highest BCUT2D eigenvalue weighted by molar-refractivity contribution is 7.80. The summed E-state index contributed by atoms with van der Waals surface area (Å²) in [5.41, 5.74) is 1.07. The van der Waals surface area contributed by atoms with Gasteiger partial charge in [0.15, 0.2) is 23.2 Å². The molecule has 174 valence electrons. The molecule has 5 atom stereocenters. The van der Waals surface area contributed by atoms with E-state index in [9.17, 15) is 10.2 Å². The maximum Gasteiger partial charge on any atom is 0.259 e. The number of fused-ring (bicyclic) bond motifs is 1. The monoisotopic (exact) mass is 464 g/mol. The number of nitrogens with zero attached hydrogens (tertiary/aromatic N) is 5. The van der Waals surface area contributed by atoms with Gasteiger partial charge in [-0.25, -0.2) is 15.0 Å². The van der Waals surface area contributed by atoms with E-state index in [0.717, 1.165) is 32.4 Å². The van der Waals surface area contributed by atoms with Crippen molar-refractivity contribution in [3.63, 3.8) is 0 Å². The van der Waals surface area contributed by atoms with Crippen LogP contribution in [-0.4, -0.2) is 97.1 Å². The van der Waals surface area contributed by atoms with Crippen LogP contribution >= 0.6 is 12.2 Å². The molecule has 0 radical (unpaired) electrons. The number of rotatable bonds is 5. The summed E-state index contributed by atoms with van der Waals surface area (Å²) < 4.78 is 18.7. The van der Waals surface area contributed by atoms with Crippen LogP contribution in [0.1, 0.15) is 31.9 Å². The normalized spacial score (nSPS) is 30.7. The summed E-state index contributed by atoms with van der Waals surface area (Å²) in [5.74, 6) is 0.601. The third kappa shape index (κ3) is 4.25. The molecule has 0 saturated carbocycles. The lowest BCUT2D eigenvalue weighted by molar-refractivity contribution is -0.0504. The second-order valence-corrected chi connectivity index (χ2v) is 8.77. The van der Waals surface area contributed by atoms with Crippen molar-refractivity contribution in [2.24, 2.45) is 0 Å². The number of thiocarbonyl (C=S) groups is 1. The van der Waals surface area contributed by atoms with Crippen molar-refractivity contribution >= 4 is 34.4 Å². The fraction of sp³-hybridized carbons (Fsp3) is 0.700. The number of aromatic nitrogens is 4. The Hall–Kier alpha value is -2.12. The molecular weight excluding hydrogens is 436 g/mol. The molecule has 1 unspecified atom stereocenters. The Kier molecular flexibility index (Phi) is 6.37. The van der Waals surface area contributed by atoms with E-state index >= 15 is 0 Å². The van der Waals surface area contributed by atoms with Gasteiger partial charge in [-0.05, 0) is 37.9 Å². The molecule has 3 aliphatic heterocycles. The highest BCUT2D eigenvalue weighted by Gasteiger charge is 2.45. The van der Waals surface area contributed by atoms with E-state index in [0.29, 0.717) is 35.4 Å². The van der Waals surface area contributed by atoms with Crippen LogP contribution in [0, 0.1) is 0 Å². The van der Waals surface area contributed by atoms with Gasteiger partial charge < -0.3 is 34.6 Å². The van der Waals surface area contributed by atoms with Crippen molar-refractivity contribution in [3.05, 3.63) is 12.7 Å². The Morgan fingerprint density at radius 2 is 2.03 bits per heavy atom. The van der Waals surface area contributed by atoms with E-state index in [4.69, 9.17) is 26.4 Å². The molecule has 3 saturated heterocycles. The van der Waals surface area contributed by atoms with Gasteiger partial charge in [-0.2, -0.15) is 0 Å². The van der Waals surface area contributed by atoms with Gasteiger partial charge >= 0.3 is 0 Å². The van der Waals surface area contributed by atoms with Crippen LogP contribution < -0.4 is 5.32 Å². The highest BCUT2D eigenvalue weighted by Crippen LogP contribution is 2.32. The van der Waals surface area contributed by atoms with Gasteiger partial charge in [0.05, 0.1) is 19.0 Å². The fourth-order valence-electron chi connectivity index (χ4n) is 4.40. The molecule has 3 aliphatic rings. The van der Waals surface area contributed by atoms with Crippen molar-refractivity contribution < 1.29 is 24.4 Å². The second-order valence-electron chi connectivity index (χ2n) is 8.42. The summed E-state index contributed by atoms with van der Waals surface area (Å²) >= 11 is 5.38. The predicted molar refractivity (Wildman–Crippen MR) is 118 cm³/mol. The Balaban J connectivity index is 1.27. The van der Waals surface area contributed by atoms with Gasteiger partial charge in [0, 0.05) is 19.7 Å². The van der Waals surface area contributed by atoms with Gasteiger partial charge in [-0.15, -0.1) is 0 Å². The smallest absolute Gasteiger partial charge is 0.259 e. The molecule has 11 nitrogen and oxygen atoms in total. The van der Waals surface area contributed by atoms with Crippen LogP contribution in [0.25, 0.3) is 11.2 Å². The first-order valence-electron chi connectivity index (χ1n) is 11.1. The molecule has 0 spiro atoms. The van der Waals surface area contributed by atoms with E-state index in [2.05, 4.69) is 20.3 Å².